The van der Waals surface area contributed by atoms with E-state index in [9.17, 15) is 0 Å². The van der Waals surface area contributed by atoms with Gasteiger partial charge in [-0.25, -0.2) is 15.0 Å². The SMILES string of the molecule is CSc1nc(N2CCNCC2)c2c(-c3ccc(Cl)cc3)c3c(nc2n1)/C(=C/c1ccc(Cl)cc1)CCC3. The Hall–Kier alpha value is -2.64. The number of piperazine rings is 1. The number of anilines is 1. The van der Waals surface area contributed by atoms with E-state index in [2.05, 4.69) is 40.6 Å². The fraction of sp³-hybridized carbons (Fsp3) is 0.276. The van der Waals surface area contributed by atoms with E-state index in [0.717, 1.165) is 94.3 Å². The summed E-state index contributed by atoms with van der Waals surface area (Å²) in [7, 11) is 0. The molecule has 5 nitrogen and oxygen atoms in total. The number of pyridine rings is 1. The van der Waals surface area contributed by atoms with Gasteiger partial charge >= 0.3 is 0 Å². The van der Waals surface area contributed by atoms with Crippen molar-refractivity contribution in [1.29, 1.82) is 0 Å². The van der Waals surface area contributed by atoms with Gasteiger partial charge in [-0.3, -0.25) is 0 Å². The number of thioether (sulfide) groups is 1. The Morgan fingerprint density at radius 3 is 2.30 bits per heavy atom. The molecule has 1 aliphatic carbocycles. The molecule has 1 aliphatic heterocycles. The summed E-state index contributed by atoms with van der Waals surface area (Å²) in [6, 6.07) is 16.1. The summed E-state index contributed by atoms with van der Waals surface area (Å²) >= 11 is 14.0. The van der Waals surface area contributed by atoms with Crippen LogP contribution >= 0.6 is 35.0 Å². The van der Waals surface area contributed by atoms with Crippen molar-refractivity contribution in [2.75, 3.05) is 37.3 Å². The normalized spacial score (nSPS) is 16.8. The highest BCUT2D eigenvalue weighted by molar-refractivity contribution is 7.98. The maximum absolute atomic E-state index is 6.30. The molecule has 0 saturated carbocycles. The van der Waals surface area contributed by atoms with Gasteiger partial charge in [-0.15, -0.1) is 0 Å². The van der Waals surface area contributed by atoms with Crippen LogP contribution in [0.2, 0.25) is 10.0 Å². The number of benzene rings is 2. The lowest BCUT2D eigenvalue weighted by molar-refractivity contribution is 0.584. The quantitative estimate of drug-likeness (QED) is 0.219. The molecule has 1 fully saturated rings. The summed E-state index contributed by atoms with van der Waals surface area (Å²) in [6.07, 6.45) is 7.26. The van der Waals surface area contributed by atoms with Crippen molar-refractivity contribution in [3.8, 4) is 11.1 Å². The van der Waals surface area contributed by atoms with E-state index in [1.54, 1.807) is 11.8 Å². The molecular formula is C29H27Cl2N5S. The average molecular weight is 549 g/mol. The highest BCUT2D eigenvalue weighted by Gasteiger charge is 2.27. The third-order valence-electron chi connectivity index (χ3n) is 7.03. The van der Waals surface area contributed by atoms with Gasteiger partial charge < -0.3 is 10.2 Å². The van der Waals surface area contributed by atoms with Crippen LogP contribution in [0, 0.1) is 0 Å². The molecule has 0 bridgehead atoms. The van der Waals surface area contributed by atoms with Gasteiger partial charge in [0.05, 0.1) is 11.1 Å². The number of hydrogen-bond donors (Lipinski definition) is 1. The van der Waals surface area contributed by atoms with Gasteiger partial charge in [0.1, 0.15) is 5.82 Å². The molecule has 1 saturated heterocycles. The average Bonchev–Trinajstić information content (AvgIpc) is 2.94. The highest BCUT2D eigenvalue weighted by atomic mass is 35.5. The van der Waals surface area contributed by atoms with Gasteiger partial charge in [-0.05, 0) is 78.1 Å². The molecule has 37 heavy (non-hydrogen) atoms. The van der Waals surface area contributed by atoms with Crippen molar-refractivity contribution in [3.05, 3.63) is 75.4 Å². The molecule has 2 aromatic carbocycles. The number of hydrogen-bond acceptors (Lipinski definition) is 6. The number of nitrogens with zero attached hydrogens (tertiary/aromatic N) is 4. The number of halogens is 2. The Morgan fingerprint density at radius 1 is 0.892 bits per heavy atom. The minimum atomic E-state index is 0.725. The smallest absolute Gasteiger partial charge is 0.191 e. The fourth-order valence-corrected chi connectivity index (χ4v) is 5.89. The van der Waals surface area contributed by atoms with Gasteiger partial charge in [0.25, 0.3) is 0 Å². The minimum Gasteiger partial charge on any atom is -0.353 e. The lowest BCUT2D eigenvalue weighted by Crippen LogP contribution is -2.44. The van der Waals surface area contributed by atoms with E-state index in [-0.39, 0.29) is 0 Å². The monoisotopic (exact) mass is 547 g/mol. The van der Waals surface area contributed by atoms with Crippen LogP contribution < -0.4 is 10.2 Å². The van der Waals surface area contributed by atoms with E-state index in [1.807, 2.05) is 30.5 Å². The van der Waals surface area contributed by atoms with Gasteiger partial charge in [0.15, 0.2) is 10.8 Å². The zero-order chi connectivity index (χ0) is 25.4. The van der Waals surface area contributed by atoms with Crippen molar-refractivity contribution < 1.29 is 0 Å². The van der Waals surface area contributed by atoms with E-state index in [1.165, 1.54) is 16.7 Å². The maximum atomic E-state index is 6.30. The summed E-state index contributed by atoms with van der Waals surface area (Å²) in [5, 5.41) is 6.70. The molecule has 1 N–H and O–H groups in total. The Labute approximate surface area is 231 Å². The number of rotatable bonds is 4. The third-order valence-corrected chi connectivity index (χ3v) is 8.08. The fourth-order valence-electron chi connectivity index (χ4n) is 5.28. The highest BCUT2D eigenvalue weighted by Crippen LogP contribution is 2.43. The summed E-state index contributed by atoms with van der Waals surface area (Å²) in [4.78, 5) is 17.6. The predicted molar refractivity (Wildman–Crippen MR) is 157 cm³/mol. The maximum Gasteiger partial charge on any atom is 0.191 e. The number of allylic oxidation sites excluding steroid dienone is 1. The van der Waals surface area contributed by atoms with Gasteiger partial charge in [-0.2, -0.15) is 0 Å². The van der Waals surface area contributed by atoms with Crippen molar-refractivity contribution in [1.82, 2.24) is 20.3 Å². The zero-order valence-electron chi connectivity index (χ0n) is 20.6. The summed E-state index contributed by atoms with van der Waals surface area (Å²) in [6.45, 7) is 3.67. The molecule has 0 atom stereocenters. The zero-order valence-corrected chi connectivity index (χ0v) is 22.9. The summed E-state index contributed by atoms with van der Waals surface area (Å²) < 4.78 is 0. The van der Waals surface area contributed by atoms with Crippen LogP contribution in [0.15, 0.2) is 53.7 Å². The molecule has 6 rings (SSSR count). The molecule has 0 radical (unpaired) electrons. The Bertz CT molecular complexity index is 1480. The lowest BCUT2D eigenvalue weighted by atomic mass is 9.84. The van der Waals surface area contributed by atoms with E-state index < -0.39 is 0 Å². The lowest BCUT2D eigenvalue weighted by Gasteiger charge is -2.31. The first-order valence-electron chi connectivity index (χ1n) is 12.6. The molecule has 0 amide bonds. The molecule has 188 valence electrons. The third kappa shape index (κ3) is 4.96. The second-order valence-corrected chi connectivity index (χ2v) is 11.0. The van der Waals surface area contributed by atoms with Crippen LogP contribution in [-0.4, -0.2) is 47.4 Å². The Morgan fingerprint density at radius 2 is 1.59 bits per heavy atom. The minimum absolute atomic E-state index is 0.725. The van der Waals surface area contributed by atoms with Crippen molar-refractivity contribution in [2.45, 2.75) is 24.4 Å². The van der Waals surface area contributed by atoms with Crippen LogP contribution in [0.25, 0.3) is 33.8 Å². The van der Waals surface area contributed by atoms with Crippen molar-refractivity contribution >= 4 is 63.5 Å². The Kier molecular flexibility index (Phi) is 7.08. The molecule has 8 heteroatoms. The van der Waals surface area contributed by atoms with Crippen LogP contribution in [0.1, 0.15) is 29.7 Å². The molecule has 4 aromatic rings. The van der Waals surface area contributed by atoms with Crippen LogP contribution in [0.4, 0.5) is 5.82 Å². The van der Waals surface area contributed by atoms with Gasteiger partial charge in [0.2, 0.25) is 0 Å². The molecular weight excluding hydrogens is 521 g/mol. The molecule has 3 heterocycles. The Balaban J connectivity index is 1.65. The van der Waals surface area contributed by atoms with Gasteiger partial charge in [-0.1, -0.05) is 59.2 Å². The van der Waals surface area contributed by atoms with E-state index in [0.29, 0.717) is 0 Å². The topological polar surface area (TPSA) is 53.9 Å². The van der Waals surface area contributed by atoms with Crippen LogP contribution in [0.3, 0.4) is 0 Å². The molecule has 0 spiro atoms. The second-order valence-electron chi connectivity index (χ2n) is 9.37. The molecule has 0 unspecified atom stereocenters. The number of fused-ring (bicyclic) bond motifs is 2. The second kappa shape index (κ2) is 10.6. The first kappa shape index (κ1) is 24.7. The molecule has 2 aromatic heterocycles. The van der Waals surface area contributed by atoms with Crippen molar-refractivity contribution in [3.63, 3.8) is 0 Å². The standard InChI is InChI=1S/C29H27Cl2N5S/c1-37-29-34-27-25(28(35-29)36-15-13-32-14-16-36)24(19-7-11-22(31)12-8-19)23-4-2-3-20(26(23)33-27)17-18-5-9-21(30)10-6-18/h5-12,17,32H,2-4,13-16H2,1H3/b20-17+. The predicted octanol–water partition coefficient (Wildman–Crippen LogP) is 7.01. The summed E-state index contributed by atoms with van der Waals surface area (Å²) in [5.74, 6) is 0.977. The van der Waals surface area contributed by atoms with Crippen LogP contribution in [-0.2, 0) is 6.42 Å². The first-order chi connectivity index (χ1) is 18.1. The van der Waals surface area contributed by atoms with E-state index >= 15 is 0 Å². The largest absolute Gasteiger partial charge is 0.353 e. The number of nitrogens with one attached hydrogen (secondary N) is 1. The van der Waals surface area contributed by atoms with Gasteiger partial charge in [0, 0.05) is 41.8 Å². The summed E-state index contributed by atoms with van der Waals surface area (Å²) in [5.41, 5.74) is 7.71. The van der Waals surface area contributed by atoms with Crippen molar-refractivity contribution in [2.24, 2.45) is 0 Å². The van der Waals surface area contributed by atoms with E-state index in [4.69, 9.17) is 38.2 Å². The van der Waals surface area contributed by atoms with Crippen LogP contribution in [0.5, 0.6) is 0 Å². The number of aromatic nitrogens is 3. The molecule has 2 aliphatic rings. The first-order valence-corrected chi connectivity index (χ1v) is 14.6.